The van der Waals surface area contributed by atoms with Crippen molar-refractivity contribution in [2.75, 3.05) is 13.7 Å². The lowest BCUT2D eigenvalue weighted by Gasteiger charge is -2.12. The number of hydrogen-bond acceptors (Lipinski definition) is 7. The third-order valence-corrected chi connectivity index (χ3v) is 3.41. The van der Waals surface area contributed by atoms with Gasteiger partial charge in [0.05, 0.1) is 13.7 Å². The highest BCUT2D eigenvalue weighted by Crippen LogP contribution is 2.11. The minimum atomic E-state index is -0.451. The lowest BCUT2D eigenvalue weighted by molar-refractivity contribution is -0.142. The fraction of sp³-hybridized carbons (Fsp3) is 0.385. The van der Waals surface area contributed by atoms with Crippen LogP contribution in [-0.4, -0.2) is 56.1 Å². The van der Waals surface area contributed by atoms with E-state index in [4.69, 9.17) is 4.74 Å². The molecular formula is C13H14N6O4. The molecule has 1 N–H and O–H groups in total. The average Bonchev–Trinajstić information content (AvgIpc) is 3.10. The number of carbonyl (C=O) groups excluding carboxylic acids is 3. The van der Waals surface area contributed by atoms with Crippen LogP contribution in [0.4, 0.5) is 0 Å². The highest BCUT2D eigenvalue weighted by atomic mass is 16.5. The second-order valence-corrected chi connectivity index (χ2v) is 4.91. The van der Waals surface area contributed by atoms with E-state index in [1.54, 1.807) is 12.1 Å². The van der Waals surface area contributed by atoms with Gasteiger partial charge in [0.15, 0.2) is 11.5 Å². The zero-order valence-electron chi connectivity index (χ0n) is 12.4. The highest BCUT2D eigenvalue weighted by Gasteiger charge is 2.30. The van der Waals surface area contributed by atoms with Gasteiger partial charge >= 0.3 is 0 Å². The number of carbonyl (C=O) groups is 3. The van der Waals surface area contributed by atoms with Gasteiger partial charge in [0.2, 0.25) is 23.6 Å². The van der Waals surface area contributed by atoms with Gasteiger partial charge in [-0.2, -0.15) is 4.52 Å². The summed E-state index contributed by atoms with van der Waals surface area (Å²) in [4.78, 5) is 35.8. The van der Waals surface area contributed by atoms with Gasteiger partial charge in [-0.15, -0.1) is 15.3 Å². The van der Waals surface area contributed by atoms with Gasteiger partial charge in [-0.25, -0.2) is 0 Å². The van der Waals surface area contributed by atoms with E-state index in [-0.39, 0.29) is 37.7 Å². The smallest absolute Gasteiger partial charge is 0.240 e. The van der Waals surface area contributed by atoms with Crippen LogP contribution in [0.1, 0.15) is 18.7 Å². The molecule has 120 valence electrons. The molecule has 23 heavy (non-hydrogen) atoms. The third-order valence-electron chi connectivity index (χ3n) is 3.41. The number of aromatic nitrogens is 4. The summed E-state index contributed by atoms with van der Waals surface area (Å²) in [5, 5.41) is 14.6. The van der Waals surface area contributed by atoms with Crippen LogP contribution in [-0.2, 0) is 20.9 Å². The Hall–Kier alpha value is -3.04. The van der Waals surface area contributed by atoms with Gasteiger partial charge in [-0.1, -0.05) is 0 Å². The van der Waals surface area contributed by atoms with E-state index in [2.05, 4.69) is 20.6 Å². The fourth-order valence-electron chi connectivity index (χ4n) is 2.21. The van der Waals surface area contributed by atoms with Gasteiger partial charge in [0.1, 0.15) is 6.54 Å². The zero-order valence-corrected chi connectivity index (χ0v) is 12.4. The largest absolute Gasteiger partial charge is 0.480 e. The number of rotatable bonds is 5. The van der Waals surface area contributed by atoms with E-state index in [0.29, 0.717) is 17.4 Å². The number of nitrogens with one attached hydrogen (secondary N) is 1. The normalized spacial score (nSPS) is 14.6. The van der Waals surface area contributed by atoms with Crippen LogP contribution >= 0.6 is 0 Å². The van der Waals surface area contributed by atoms with E-state index in [9.17, 15) is 14.4 Å². The van der Waals surface area contributed by atoms with Crippen LogP contribution in [0.15, 0.2) is 12.1 Å². The van der Waals surface area contributed by atoms with Gasteiger partial charge in [-0.3, -0.25) is 19.3 Å². The first-order valence-corrected chi connectivity index (χ1v) is 6.93. The van der Waals surface area contributed by atoms with Crippen LogP contribution < -0.4 is 10.1 Å². The average molecular weight is 318 g/mol. The molecule has 0 saturated carbocycles. The Kier molecular flexibility index (Phi) is 3.87. The second kappa shape index (κ2) is 5.99. The summed E-state index contributed by atoms with van der Waals surface area (Å²) in [6.07, 6.45) is 0.315. The van der Waals surface area contributed by atoms with Crippen molar-refractivity contribution in [2.24, 2.45) is 0 Å². The molecule has 1 saturated heterocycles. The number of likely N-dealkylation sites (tertiary alicyclic amines) is 1. The quantitative estimate of drug-likeness (QED) is 0.695. The summed E-state index contributed by atoms with van der Waals surface area (Å²) in [6, 6.07) is 3.34. The van der Waals surface area contributed by atoms with E-state index < -0.39 is 5.91 Å². The lowest BCUT2D eigenvalue weighted by Crippen LogP contribution is -2.40. The van der Waals surface area contributed by atoms with E-state index in [0.717, 1.165) is 4.90 Å². The first-order valence-electron chi connectivity index (χ1n) is 6.93. The topological polar surface area (TPSA) is 119 Å². The monoisotopic (exact) mass is 318 g/mol. The molecule has 0 spiro atoms. The summed E-state index contributed by atoms with van der Waals surface area (Å²) in [6.45, 7) is -0.221. The second-order valence-electron chi connectivity index (χ2n) is 4.91. The number of amides is 3. The molecule has 2 aromatic heterocycles. The lowest BCUT2D eigenvalue weighted by atomic mass is 10.4. The molecule has 1 aliphatic rings. The minimum absolute atomic E-state index is 0.0659. The SMILES string of the molecule is COc1ccc2nnc(CNC(=O)CN3C(=O)CCC3=O)n2n1. The van der Waals surface area contributed by atoms with Crippen molar-refractivity contribution < 1.29 is 19.1 Å². The maximum Gasteiger partial charge on any atom is 0.240 e. The molecule has 0 unspecified atom stereocenters. The van der Waals surface area contributed by atoms with Gasteiger partial charge in [-0.05, 0) is 6.07 Å². The Bertz CT molecular complexity index is 770. The van der Waals surface area contributed by atoms with Crippen LogP contribution in [0.25, 0.3) is 5.65 Å². The molecule has 0 atom stereocenters. The third kappa shape index (κ3) is 2.96. The predicted molar refractivity (Wildman–Crippen MR) is 75.1 cm³/mol. The summed E-state index contributed by atoms with van der Waals surface area (Å²) < 4.78 is 6.48. The molecule has 0 bridgehead atoms. The molecular weight excluding hydrogens is 304 g/mol. The summed E-state index contributed by atoms with van der Waals surface area (Å²) >= 11 is 0. The van der Waals surface area contributed by atoms with Crippen molar-refractivity contribution >= 4 is 23.4 Å². The van der Waals surface area contributed by atoms with Crippen LogP contribution in [0.5, 0.6) is 5.88 Å². The molecule has 1 fully saturated rings. The zero-order chi connectivity index (χ0) is 16.4. The molecule has 3 rings (SSSR count). The van der Waals surface area contributed by atoms with Crippen LogP contribution in [0, 0.1) is 0 Å². The first-order chi connectivity index (χ1) is 11.1. The van der Waals surface area contributed by atoms with Crippen molar-refractivity contribution in [3.8, 4) is 5.88 Å². The molecule has 3 heterocycles. The Balaban J connectivity index is 1.65. The molecule has 1 aliphatic heterocycles. The number of hydrogen-bond donors (Lipinski definition) is 1. The van der Waals surface area contributed by atoms with Gasteiger partial charge in [0.25, 0.3) is 0 Å². The summed E-state index contributed by atoms with van der Waals surface area (Å²) in [7, 11) is 1.49. The van der Waals surface area contributed by atoms with E-state index in [1.807, 2.05) is 0 Å². The summed E-state index contributed by atoms with van der Waals surface area (Å²) in [5.74, 6) is -0.313. The van der Waals surface area contributed by atoms with Crippen molar-refractivity contribution in [3.63, 3.8) is 0 Å². The molecule has 0 aliphatic carbocycles. The maximum absolute atomic E-state index is 11.9. The Labute approximate surface area is 130 Å². The number of ether oxygens (including phenoxy) is 1. The van der Waals surface area contributed by atoms with Crippen molar-refractivity contribution in [1.29, 1.82) is 0 Å². The Morgan fingerprint density at radius 1 is 1.26 bits per heavy atom. The Morgan fingerprint density at radius 2 is 2.00 bits per heavy atom. The van der Waals surface area contributed by atoms with Gasteiger partial charge < -0.3 is 10.1 Å². The fourth-order valence-corrected chi connectivity index (χ4v) is 2.21. The molecule has 10 nitrogen and oxygen atoms in total. The van der Waals surface area contributed by atoms with Crippen molar-refractivity contribution in [2.45, 2.75) is 19.4 Å². The van der Waals surface area contributed by atoms with E-state index in [1.165, 1.54) is 11.6 Å². The van der Waals surface area contributed by atoms with Gasteiger partial charge in [0, 0.05) is 18.9 Å². The number of fused-ring (bicyclic) bond motifs is 1. The molecule has 2 aromatic rings. The number of methoxy groups -OCH3 is 1. The molecule has 10 heteroatoms. The minimum Gasteiger partial charge on any atom is -0.480 e. The van der Waals surface area contributed by atoms with Crippen LogP contribution in [0.2, 0.25) is 0 Å². The first kappa shape index (κ1) is 14.9. The van der Waals surface area contributed by atoms with E-state index >= 15 is 0 Å². The predicted octanol–water partition coefficient (Wildman–Crippen LogP) is -1.10. The maximum atomic E-state index is 11.9. The van der Waals surface area contributed by atoms with Crippen molar-refractivity contribution in [3.05, 3.63) is 18.0 Å². The number of imide groups is 1. The molecule has 0 aromatic carbocycles. The number of nitrogens with zero attached hydrogens (tertiary/aromatic N) is 5. The molecule has 3 amide bonds. The van der Waals surface area contributed by atoms with Crippen LogP contribution in [0.3, 0.4) is 0 Å². The Morgan fingerprint density at radius 3 is 2.70 bits per heavy atom. The molecule has 0 radical (unpaired) electrons. The summed E-state index contributed by atoms with van der Waals surface area (Å²) in [5.41, 5.74) is 0.514. The van der Waals surface area contributed by atoms with Crippen molar-refractivity contribution in [1.82, 2.24) is 30.0 Å². The standard InChI is InChI=1S/C13H14N6O4/c1-23-11-3-2-8-15-16-9(19(8)17-11)6-14-10(20)7-18-12(21)4-5-13(18)22/h2-3H,4-7H2,1H3,(H,14,20). The highest BCUT2D eigenvalue weighted by molar-refractivity contribution is 6.04.